The quantitative estimate of drug-likeness (QED) is 0.911. The second kappa shape index (κ2) is 5.82. The molecule has 0 amide bonds. The van der Waals surface area contributed by atoms with Crippen LogP contribution in [0.2, 0.25) is 0 Å². The molecule has 0 atom stereocenters. The van der Waals surface area contributed by atoms with E-state index in [-0.39, 0.29) is 6.04 Å². The topological polar surface area (TPSA) is 56.7 Å². The van der Waals surface area contributed by atoms with Crippen LogP contribution in [0.1, 0.15) is 38.4 Å². The van der Waals surface area contributed by atoms with Gasteiger partial charge in [-0.25, -0.2) is 9.07 Å². The predicted molar refractivity (Wildman–Crippen MR) is 73.9 cm³/mol. The summed E-state index contributed by atoms with van der Waals surface area (Å²) < 4.78 is 14.6. The molecule has 1 aliphatic rings. The summed E-state index contributed by atoms with van der Waals surface area (Å²) in [5.41, 5.74) is 8.99. The molecule has 0 aromatic carbocycles. The summed E-state index contributed by atoms with van der Waals surface area (Å²) >= 11 is 0. The molecule has 0 radical (unpaired) electrons. The third kappa shape index (κ3) is 3.30. The van der Waals surface area contributed by atoms with E-state index in [9.17, 15) is 4.39 Å². The summed E-state index contributed by atoms with van der Waals surface area (Å²) in [6.45, 7) is 3.60. The number of hydrogen-bond donors (Lipinski definition) is 1. The molecule has 0 saturated heterocycles. The van der Waals surface area contributed by atoms with Crippen molar-refractivity contribution in [1.82, 2.24) is 15.0 Å². The molecule has 1 aliphatic carbocycles. The van der Waals surface area contributed by atoms with Crippen molar-refractivity contribution in [2.24, 2.45) is 5.73 Å². The fraction of sp³-hybridized carbons (Fsp3) is 0.429. The van der Waals surface area contributed by atoms with Crippen LogP contribution in [0.25, 0.3) is 5.57 Å². The summed E-state index contributed by atoms with van der Waals surface area (Å²) in [6.07, 6.45) is 8.78. The molecular weight excluding hydrogens is 243 g/mol. The Bertz CT molecular complexity index is 537. The molecular formula is C14H19FN4. The third-order valence-electron chi connectivity index (χ3n) is 3.06. The van der Waals surface area contributed by atoms with Crippen LogP contribution in [0.4, 0.5) is 4.39 Å². The van der Waals surface area contributed by atoms with Gasteiger partial charge in [0.1, 0.15) is 12.4 Å². The van der Waals surface area contributed by atoms with Gasteiger partial charge in [-0.2, -0.15) is 0 Å². The fourth-order valence-corrected chi connectivity index (χ4v) is 1.90. The van der Waals surface area contributed by atoms with Gasteiger partial charge in [-0.05, 0) is 37.5 Å². The Kier molecular flexibility index (Phi) is 4.14. The van der Waals surface area contributed by atoms with Gasteiger partial charge in [-0.1, -0.05) is 17.4 Å². The van der Waals surface area contributed by atoms with E-state index in [1.54, 1.807) is 6.08 Å². The van der Waals surface area contributed by atoms with Crippen molar-refractivity contribution in [3.63, 3.8) is 0 Å². The van der Waals surface area contributed by atoms with Crippen molar-refractivity contribution < 1.29 is 4.39 Å². The fourth-order valence-electron chi connectivity index (χ4n) is 1.90. The molecule has 1 aromatic rings. The first-order valence-corrected chi connectivity index (χ1v) is 6.42. The van der Waals surface area contributed by atoms with Gasteiger partial charge in [0.2, 0.25) is 0 Å². The lowest BCUT2D eigenvalue weighted by molar-refractivity contribution is 0.514. The molecule has 0 fully saturated rings. The van der Waals surface area contributed by atoms with Crippen molar-refractivity contribution in [3.8, 4) is 0 Å². The normalized spacial score (nSPS) is 24.7. The molecule has 0 aliphatic heterocycles. The van der Waals surface area contributed by atoms with Crippen molar-refractivity contribution in [2.45, 2.75) is 32.7 Å². The first-order valence-electron chi connectivity index (χ1n) is 6.42. The molecule has 0 unspecified atom stereocenters. The van der Waals surface area contributed by atoms with E-state index < -0.39 is 6.67 Å². The van der Waals surface area contributed by atoms with E-state index in [4.69, 9.17) is 5.73 Å². The number of nitrogens with two attached hydrogens (primary N) is 1. The Hall–Kier alpha value is -1.91. The van der Waals surface area contributed by atoms with Gasteiger partial charge in [0.15, 0.2) is 0 Å². The highest BCUT2D eigenvalue weighted by Gasteiger charge is 2.10. The second-order valence-corrected chi connectivity index (χ2v) is 4.95. The van der Waals surface area contributed by atoms with E-state index in [0.29, 0.717) is 24.1 Å². The minimum absolute atomic E-state index is 0.275. The average Bonchev–Trinajstić information content (AvgIpc) is 2.83. The number of halogens is 1. The van der Waals surface area contributed by atoms with Crippen LogP contribution in [0.15, 0.2) is 35.7 Å². The molecule has 2 N–H and O–H groups in total. The standard InChI is InChI=1S/C14H19FN4/c1-10(2)19-9-14(17-18-19)12-4-3-11(8-15)7-13(16)6-5-12/h3,5,7,9-10H,4,6,8,16H2,1-2H3/b11-3+,12-5+,13-7+. The molecule has 102 valence electrons. The monoisotopic (exact) mass is 262 g/mol. The van der Waals surface area contributed by atoms with Gasteiger partial charge >= 0.3 is 0 Å². The molecule has 0 spiro atoms. The molecule has 0 saturated carbocycles. The summed E-state index contributed by atoms with van der Waals surface area (Å²) in [6, 6.07) is 0.275. The summed E-state index contributed by atoms with van der Waals surface area (Å²) in [7, 11) is 0. The van der Waals surface area contributed by atoms with Gasteiger partial charge in [0.25, 0.3) is 0 Å². The van der Waals surface area contributed by atoms with Gasteiger partial charge in [0, 0.05) is 18.2 Å². The van der Waals surface area contributed by atoms with Crippen LogP contribution in [-0.2, 0) is 0 Å². The minimum atomic E-state index is -0.493. The van der Waals surface area contributed by atoms with Crippen LogP contribution in [0.5, 0.6) is 0 Å². The number of alkyl halides is 1. The van der Waals surface area contributed by atoms with Crippen molar-refractivity contribution in [2.75, 3.05) is 6.67 Å². The molecule has 5 heteroatoms. The van der Waals surface area contributed by atoms with Gasteiger partial charge in [-0.3, -0.25) is 0 Å². The van der Waals surface area contributed by atoms with Gasteiger partial charge in [0.05, 0.1) is 6.20 Å². The van der Waals surface area contributed by atoms with Crippen molar-refractivity contribution in [1.29, 1.82) is 0 Å². The highest BCUT2D eigenvalue weighted by atomic mass is 19.1. The van der Waals surface area contributed by atoms with Crippen LogP contribution in [0, 0.1) is 0 Å². The van der Waals surface area contributed by atoms with Gasteiger partial charge < -0.3 is 5.73 Å². The highest BCUT2D eigenvalue weighted by molar-refractivity contribution is 5.64. The Balaban J connectivity index is 2.26. The van der Waals surface area contributed by atoms with E-state index in [0.717, 1.165) is 11.3 Å². The Morgan fingerprint density at radius 2 is 2.16 bits per heavy atom. The average molecular weight is 262 g/mol. The zero-order valence-corrected chi connectivity index (χ0v) is 11.3. The Morgan fingerprint density at radius 3 is 2.79 bits per heavy atom. The number of allylic oxidation sites excluding steroid dienone is 5. The lowest BCUT2D eigenvalue weighted by atomic mass is 10.0. The van der Waals surface area contributed by atoms with Crippen LogP contribution in [-0.4, -0.2) is 21.7 Å². The number of rotatable bonds is 3. The maximum Gasteiger partial charge on any atom is 0.114 e. The smallest absolute Gasteiger partial charge is 0.114 e. The second-order valence-electron chi connectivity index (χ2n) is 4.95. The Labute approximate surface area is 112 Å². The van der Waals surface area contributed by atoms with E-state index in [1.165, 1.54) is 0 Å². The van der Waals surface area contributed by atoms with Gasteiger partial charge in [-0.15, -0.1) is 5.10 Å². The maximum atomic E-state index is 12.8. The lowest BCUT2D eigenvalue weighted by Gasteiger charge is -2.08. The van der Waals surface area contributed by atoms with Crippen LogP contribution >= 0.6 is 0 Å². The number of nitrogens with zero attached hydrogens (tertiary/aromatic N) is 3. The molecule has 1 heterocycles. The maximum absolute atomic E-state index is 12.8. The summed E-state index contributed by atoms with van der Waals surface area (Å²) in [5.74, 6) is 0. The van der Waals surface area contributed by atoms with Crippen molar-refractivity contribution >= 4 is 5.57 Å². The minimum Gasteiger partial charge on any atom is -0.402 e. The van der Waals surface area contributed by atoms with E-state index in [2.05, 4.69) is 10.3 Å². The SMILES string of the molecule is CC(C)n1cc(/C2=C/C/C(N)=C\C(CF)=C/C2)nn1. The van der Waals surface area contributed by atoms with Crippen molar-refractivity contribution in [3.05, 3.63) is 41.4 Å². The number of aromatic nitrogens is 3. The molecule has 0 bridgehead atoms. The largest absolute Gasteiger partial charge is 0.402 e. The molecule has 4 nitrogen and oxygen atoms in total. The predicted octanol–water partition coefficient (Wildman–Crippen LogP) is 2.77. The van der Waals surface area contributed by atoms with E-state index in [1.807, 2.05) is 36.9 Å². The zero-order chi connectivity index (χ0) is 13.8. The summed E-state index contributed by atoms with van der Waals surface area (Å²) in [4.78, 5) is 0. The third-order valence-corrected chi connectivity index (χ3v) is 3.06. The Morgan fingerprint density at radius 1 is 1.37 bits per heavy atom. The highest BCUT2D eigenvalue weighted by Crippen LogP contribution is 2.22. The van der Waals surface area contributed by atoms with Crippen LogP contribution < -0.4 is 5.73 Å². The van der Waals surface area contributed by atoms with E-state index >= 15 is 0 Å². The molecule has 1 aromatic heterocycles. The van der Waals surface area contributed by atoms with Crippen LogP contribution in [0.3, 0.4) is 0 Å². The lowest BCUT2D eigenvalue weighted by Crippen LogP contribution is -2.01. The molecule has 2 rings (SSSR count). The summed E-state index contributed by atoms with van der Waals surface area (Å²) in [5, 5.41) is 8.26. The number of hydrogen-bond acceptors (Lipinski definition) is 3. The first kappa shape index (κ1) is 13.5. The molecule has 19 heavy (non-hydrogen) atoms. The zero-order valence-electron chi connectivity index (χ0n) is 11.3. The first-order chi connectivity index (χ1) is 9.10.